The summed E-state index contributed by atoms with van der Waals surface area (Å²) in [6.45, 7) is 1.36. The van der Waals surface area contributed by atoms with Gasteiger partial charge in [-0.2, -0.15) is 0 Å². The number of rotatable bonds is 2. The maximum atomic E-state index is 10.8. The number of nitro groups is 1. The third kappa shape index (κ3) is 1.83. The summed E-state index contributed by atoms with van der Waals surface area (Å²) in [5, 5.41) is 13.0. The quantitative estimate of drug-likeness (QED) is 0.590. The summed E-state index contributed by atoms with van der Waals surface area (Å²) < 4.78 is 0. The molecule has 0 saturated carbocycles. The van der Waals surface area contributed by atoms with Gasteiger partial charge in [-0.25, -0.2) is 4.98 Å². The van der Waals surface area contributed by atoms with Crippen molar-refractivity contribution in [1.82, 2.24) is 9.97 Å². The van der Waals surface area contributed by atoms with Crippen LogP contribution in [0.15, 0.2) is 18.2 Å². The van der Waals surface area contributed by atoms with Crippen LogP contribution in [0.3, 0.4) is 0 Å². The first kappa shape index (κ1) is 10.1. The lowest BCUT2D eigenvalue weighted by molar-refractivity contribution is -0.384. The van der Waals surface area contributed by atoms with Crippen LogP contribution >= 0.6 is 0 Å². The van der Waals surface area contributed by atoms with Crippen molar-refractivity contribution in [3.8, 4) is 0 Å². The second kappa shape index (κ2) is 3.61. The van der Waals surface area contributed by atoms with Crippen molar-refractivity contribution in [2.24, 2.45) is 0 Å². The number of aromatic nitrogens is 2. The number of nitrogens with one attached hydrogen (secondary N) is 2. The maximum Gasteiger partial charge on any atom is 0.271 e. The van der Waals surface area contributed by atoms with E-state index in [1.165, 1.54) is 25.1 Å². The van der Waals surface area contributed by atoms with Crippen LogP contribution in [0, 0.1) is 10.1 Å². The van der Waals surface area contributed by atoms with Gasteiger partial charge in [0, 0.05) is 19.1 Å². The third-order valence-electron chi connectivity index (χ3n) is 1.97. The van der Waals surface area contributed by atoms with E-state index in [9.17, 15) is 14.9 Å². The van der Waals surface area contributed by atoms with Gasteiger partial charge in [-0.1, -0.05) is 0 Å². The van der Waals surface area contributed by atoms with E-state index in [-0.39, 0.29) is 17.5 Å². The number of aromatic amines is 1. The van der Waals surface area contributed by atoms with Gasteiger partial charge >= 0.3 is 0 Å². The summed E-state index contributed by atoms with van der Waals surface area (Å²) in [5.41, 5.74) is 1.05. The second-order valence-electron chi connectivity index (χ2n) is 3.23. The molecule has 0 aliphatic carbocycles. The van der Waals surface area contributed by atoms with Crippen LogP contribution < -0.4 is 5.32 Å². The molecule has 2 rings (SSSR count). The number of non-ortho nitro benzene ring substituents is 1. The van der Waals surface area contributed by atoms with E-state index in [0.717, 1.165) is 0 Å². The molecule has 1 amide bonds. The van der Waals surface area contributed by atoms with Crippen LogP contribution in [0.4, 0.5) is 11.6 Å². The van der Waals surface area contributed by atoms with E-state index >= 15 is 0 Å². The minimum absolute atomic E-state index is 0.0227. The van der Waals surface area contributed by atoms with Crippen LogP contribution in [0.2, 0.25) is 0 Å². The minimum atomic E-state index is -0.488. The molecule has 0 unspecified atom stereocenters. The Labute approximate surface area is 89.6 Å². The first-order valence-electron chi connectivity index (χ1n) is 4.48. The Hall–Kier alpha value is -2.44. The highest BCUT2D eigenvalue weighted by Crippen LogP contribution is 2.20. The van der Waals surface area contributed by atoms with Gasteiger partial charge < -0.3 is 4.98 Å². The smallest absolute Gasteiger partial charge is 0.271 e. The monoisotopic (exact) mass is 220 g/mol. The fourth-order valence-electron chi connectivity index (χ4n) is 1.34. The summed E-state index contributed by atoms with van der Waals surface area (Å²) in [6.07, 6.45) is 0. The number of nitrogens with zero attached hydrogens (tertiary/aromatic N) is 2. The molecule has 2 aromatic rings. The van der Waals surface area contributed by atoms with Gasteiger partial charge in [0.2, 0.25) is 11.9 Å². The lowest BCUT2D eigenvalue weighted by Gasteiger charge is -1.92. The summed E-state index contributed by atoms with van der Waals surface area (Å²) in [7, 11) is 0. The topological polar surface area (TPSA) is 101 Å². The molecular weight excluding hydrogens is 212 g/mol. The lowest BCUT2D eigenvalue weighted by atomic mass is 10.3. The first-order valence-corrected chi connectivity index (χ1v) is 4.48. The molecule has 0 atom stereocenters. The maximum absolute atomic E-state index is 10.8. The van der Waals surface area contributed by atoms with E-state index in [1.807, 2.05) is 0 Å². The summed E-state index contributed by atoms with van der Waals surface area (Å²) in [4.78, 5) is 27.6. The predicted molar refractivity (Wildman–Crippen MR) is 57.1 cm³/mol. The Morgan fingerprint density at radius 2 is 2.31 bits per heavy atom. The first-order chi connectivity index (χ1) is 7.56. The molecule has 0 saturated heterocycles. The van der Waals surface area contributed by atoms with E-state index < -0.39 is 4.92 Å². The number of carbonyl (C=O) groups is 1. The number of carbonyl (C=O) groups excluding carboxylic acids is 1. The van der Waals surface area contributed by atoms with Gasteiger partial charge in [-0.05, 0) is 6.07 Å². The van der Waals surface area contributed by atoms with Crippen molar-refractivity contribution in [2.75, 3.05) is 5.32 Å². The third-order valence-corrected chi connectivity index (χ3v) is 1.97. The standard InChI is InChI=1S/C9H8N4O3/c1-5(14)10-9-11-7-3-2-6(13(15)16)4-8(7)12-9/h2-4H,1H3,(H2,10,11,12,14). The Morgan fingerprint density at radius 3 is 2.94 bits per heavy atom. The van der Waals surface area contributed by atoms with Crippen molar-refractivity contribution < 1.29 is 9.72 Å². The highest BCUT2D eigenvalue weighted by Gasteiger charge is 2.09. The Balaban J connectivity index is 2.45. The molecule has 1 aromatic heterocycles. The molecule has 0 spiro atoms. The number of amides is 1. The van der Waals surface area contributed by atoms with E-state index in [1.54, 1.807) is 0 Å². The highest BCUT2D eigenvalue weighted by atomic mass is 16.6. The van der Waals surface area contributed by atoms with Gasteiger partial charge in [0.25, 0.3) is 5.69 Å². The number of imidazole rings is 1. The number of H-pyrrole nitrogens is 1. The van der Waals surface area contributed by atoms with Crippen molar-refractivity contribution in [1.29, 1.82) is 0 Å². The SMILES string of the molecule is CC(=O)Nc1nc2ccc([N+](=O)[O-])cc2[nH]1. The van der Waals surface area contributed by atoms with Crippen LogP contribution in [-0.4, -0.2) is 20.8 Å². The van der Waals surface area contributed by atoms with E-state index in [4.69, 9.17) is 0 Å². The van der Waals surface area contributed by atoms with Crippen LogP contribution in [-0.2, 0) is 4.79 Å². The highest BCUT2D eigenvalue weighted by molar-refractivity contribution is 5.89. The zero-order valence-corrected chi connectivity index (χ0v) is 8.35. The van der Waals surface area contributed by atoms with Crippen LogP contribution in [0.5, 0.6) is 0 Å². The molecule has 2 N–H and O–H groups in total. The lowest BCUT2D eigenvalue weighted by Crippen LogP contribution is -2.06. The Morgan fingerprint density at radius 1 is 1.56 bits per heavy atom. The molecule has 7 nitrogen and oxygen atoms in total. The largest absolute Gasteiger partial charge is 0.324 e. The number of anilines is 1. The van der Waals surface area contributed by atoms with Gasteiger partial charge in [-0.15, -0.1) is 0 Å². The number of nitro benzene ring substituents is 1. The molecule has 7 heteroatoms. The zero-order valence-electron chi connectivity index (χ0n) is 8.35. The summed E-state index contributed by atoms with van der Waals surface area (Å²) in [6, 6.07) is 4.25. The Kier molecular flexibility index (Phi) is 2.28. The average molecular weight is 220 g/mol. The number of hydrogen-bond donors (Lipinski definition) is 2. The number of hydrogen-bond acceptors (Lipinski definition) is 4. The number of fused-ring (bicyclic) bond motifs is 1. The molecule has 1 aromatic carbocycles. The molecule has 0 aliphatic rings. The number of benzene rings is 1. The van der Waals surface area contributed by atoms with Crippen molar-refractivity contribution in [3.63, 3.8) is 0 Å². The van der Waals surface area contributed by atoms with Crippen LogP contribution in [0.25, 0.3) is 11.0 Å². The fraction of sp³-hybridized carbons (Fsp3) is 0.111. The van der Waals surface area contributed by atoms with Gasteiger partial charge in [0.05, 0.1) is 16.0 Å². The van der Waals surface area contributed by atoms with E-state index in [0.29, 0.717) is 11.0 Å². The fourth-order valence-corrected chi connectivity index (χ4v) is 1.34. The molecule has 1 heterocycles. The molecular formula is C9H8N4O3. The van der Waals surface area contributed by atoms with Gasteiger partial charge in [0.15, 0.2) is 0 Å². The van der Waals surface area contributed by atoms with Crippen LogP contribution in [0.1, 0.15) is 6.92 Å². The summed E-state index contributed by atoms with van der Waals surface area (Å²) >= 11 is 0. The zero-order chi connectivity index (χ0) is 11.7. The minimum Gasteiger partial charge on any atom is -0.324 e. The molecule has 0 radical (unpaired) electrons. The van der Waals surface area contributed by atoms with Crippen molar-refractivity contribution >= 4 is 28.6 Å². The van der Waals surface area contributed by atoms with Crippen molar-refractivity contribution in [2.45, 2.75) is 6.92 Å². The molecule has 0 bridgehead atoms. The van der Waals surface area contributed by atoms with Crippen molar-refractivity contribution in [3.05, 3.63) is 28.3 Å². The molecule has 82 valence electrons. The average Bonchev–Trinajstić information content (AvgIpc) is 2.56. The molecule has 0 fully saturated rings. The second-order valence-corrected chi connectivity index (χ2v) is 3.23. The van der Waals surface area contributed by atoms with Gasteiger partial charge in [0.1, 0.15) is 0 Å². The Bertz CT molecular complexity index is 575. The normalized spacial score (nSPS) is 10.3. The van der Waals surface area contributed by atoms with E-state index in [2.05, 4.69) is 15.3 Å². The molecule has 16 heavy (non-hydrogen) atoms. The predicted octanol–water partition coefficient (Wildman–Crippen LogP) is 1.43. The summed E-state index contributed by atoms with van der Waals surface area (Å²) in [5.74, 6) is 0.0246. The molecule has 0 aliphatic heterocycles. The van der Waals surface area contributed by atoms with Gasteiger partial charge in [-0.3, -0.25) is 20.2 Å².